The van der Waals surface area contributed by atoms with E-state index in [4.69, 9.17) is 22.5 Å². The van der Waals surface area contributed by atoms with Crippen LogP contribution in [0, 0.1) is 5.82 Å². The summed E-state index contributed by atoms with van der Waals surface area (Å²) in [6.07, 6.45) is 0. The number of halogens is 2. The minimum atomic E-state index is -0.345. The molecule has 0 bridgehead atoms. The number of rotatable bonds is 4. The lowest BCUT2D eigenvalue weighted by molar-refractivity contribution is 0.318. The van der Waals surface area contributed by atoms with Crippen molar-refractivity contribution in [2.75, 3.05) is 11.9 Å². The molecule has 0 spiro atoms. The second-order valence-corrected chi connectivity index (χ2v) is 5.00. The molecule has 0 aromatic heterocycles. The van der Waals surface area contributed by atoms with Gasteiger partial charge in [0, 0.05) is 35.4 Å². The molecule has 0 heterocycles. The fourth-order valence-corrected chi connectivity index (χ4v) is 2.20. The predicted octanol–water partition coefficient (Wildman–Crippen LogP) is 3.21. The molecule has 0 atom stereocenters. The van der Waals surface area contributed by atoms with Crippen LogP contribution in [0.1, 0.15) is 11.1 Å². The van der Waals surface area contributed by atoms with Gasteiger partial charge in [0.15, 0.2) is 5.84 Å². The van der Waals surface area contributed by atoms with E-state index in [1.807, 2.05) is 18.0 Å². The van der Waals surface area contributed by atoms with E-state index in [2.05, 4.69) is 5.16 Å². The number of anilines is 1. The van der Waals surface area contributed by atoms with Gasteiger partial charge in [-0.25, -0.2) is 4.39 Å². The molecule has 0 amide bonds. The minimum Gasteiger partial charge on any atom is -0.409 e. The van der Waals surface area contributed by atoms with E-state index < -0.39 is 0 Å². The standard InChI is InChI=1S/C15H15ClFN3O/c1-20(9-12-13(16)6-3-7-14(12)17)11-5-2-4-10(8-11)15(18)19-21/h2-8,21H,9H2,1H3,(H2,18,19). The van der Waals surface area contributed by atoms with Gasteiger partial charge in [-0.1, -0.05) is 35.0 Å². The summed E-state index contributed by atoms with van der Waals surface area (Å²) in [6, 6.07) is 11.7. The third-order valence-electron chi connectivity index (χ3n) is 3.15. The smallest absolute Gasteiger partial charge is 0.170 e. The molecule has 4 nitrogen and oxygen atoms in total. The first-order chi connectivity index (χ1) is 10.0. The van der Waals surface area contributed by atoms with E-state index in [-0.39, 0.29) is 11.7 Å². The van der Waals surface area contributed by atoms with Gasteiger partial charge >= 0.3 is 0 Å². The van der Waals surface area contributed by atoms with Gasteiger partial charge < -0.3 is 15.8 Å². The zero-order valence-corrected chi connectivity index (χ0v) is 12.2. The molecule has 110 valence electrons. The lowest BCUT2D eigenvalue weighted by Gasteiger charge is -2.21. The van der Waals surface area contributed by atoms with Crippen molar-refractivity contribution in [2.24, 2.45) is 10.9 Å². The van der Waals surface area contributed by atoms with Crippen molar-refractivity contribution in [3.63, 3.8) is 0 Å². The van der Waals surface area contributed by atoms with Crippen molar-refractivity contribution in [2.45, 2.75) is 6.54 Å². The summed E-state index contributed by atoms with van der Waals surface area (Å²) in [7, 11) is 1.81. The van der Waals surface area contributed by atoms with E-state index in [9.17, 15) is 4.39 Å². The van der Waals surface area contributed by atoms with Crippen LogP contribution in [0.15, 0.2) is 47.6 Å². The highest BCUT2D eigenvalue weighted by atomic mass is 35.5. The summed E-state index contributed by atoms with van der Waals surface area (Å²) in [5.74, 6) is -0.323. The van der Waals surface area contributed by atoms with E-state index in [0.29, 0.717) is 22.7 Å². The van der Waals surface area contributed by atoms with Crippen LogP contribution < -0.4 is 10.6 Å². The Bertz CT molecular complexity index is 655. The lowest BCUT2D eigenvalue weighted by Crippen LogP contribution is -2.19. The molecule has 0 saturated heterocycles. The molecule has 3 N–H and O–H groups in total. The van der Waals surface area contributed by atoms with Crippen LogP contribution in [-0.2, 0) is 6.54 Å². The number of oxime groups is 1. The highest BCUT2D eigenvalue weighted by Gasteiger charge is 2.11. The van der Waals surface area contributed by atoms with Gasteiger partial charge in [-0.15, -0.1) is 0 Å². The van der Waals surface area contributed by atoms with Crippen LogP contribution in [-0.4, -0.2) is 18.1 Å². The molecule has 0 aliphatic carbocycles. The highest BCUT2D eigenvalue weighted by Crippen LogP contribution is 2.23. The van der Waals surface area contributed by atoms with Crippen molar-refractivity contribution in [1.29, 1.82) is 0 Å². The van der Waals surface area contributed by atoms with Gasteiger partial charge in [-0.3, -0.25) is 0 Å². The molecule has 0 aliphatic heterocycles. The molecular weight excluding hydrogens is 293 g/mol. The van der Waals surface area contributed by atoms with E-state index in [0.717, 1.165) is 5.69 Å². The normalized spacial score (nSPS) is 11.5. The second-order valence-electron chi connectivity index (χ2n) is 4.59. The number of amidine groups is 1. The molecular formula is C15H15ClFN3O. The molecule has 0 saturated carbocycles. The Morgan fingerprint density at radius 1 is 1.33 bits per heavy atom. The number of nitrogens with two attached hydrogens (primary N) is 1. The van der Waals surface area contributed by atoms with Crippen molar-refractivity contribution < 1.29 is 9.60 Å². The Morgan fingerprint density at radius 3 is 2.71 bits per heavy atom. The first-order valence-corrected chi connectivity index (χ1v) is 6.62. The van der Waals surface area contributed by atoms with Crippen molar-refractivity contribution in [3.8, 4) is 0 Å². The van der Waals surface area contributed by atoms with Gasteiger partial charge in [0.1, 0.15) is 5.82 Å². The van der Waals surface area contributed by atoms with Gasteiger partial charge in [-0.05, 0) is 24.3 Å². The number of nitrogens with zero attached hydrogens (tertiary/aromatic N) is 2. The number of benzene rings is 2. The van der Waals surface area contributed by atoms with Crippen LogP contribution in [0.2, 0.25) is 5.02 Å². The van der Waals surface area contributed by atoms with Crippen molar-refractivity contribution >= 4 is 23.1 Å². The monoisotopic (exact) mass is 307 g/mol. The maximum Gasteiger partial charge on any atom is 0.170 e. The Hall–Kier alpha value is -2.27. The average molecular weight is 308 g/mol. The largest absolute Gasteiger partial charge is 0.409 e. The lowest BCUT2D eigenvalue weighted by atomic mass is 10.1. The van der Waals surface area contributed by atoms with Crippen LogP contribution in [0.25, 0.3) is 0 Å². The van der Waals surface area contributed by atoms with Crippen LogP contribution in [0.4, 0.5) is 10.1 Å². The summed E-state index contributed by atoms with van der Waals surface area (Å²) in [5.41, 5.74) is 7.38. The van der Waals surface area contributed by atoms with Crippen molar-refractivity contribution in [1.82, 2.24) is 0 Å². The SMILES string of the molecule is CN(Cc1c(F)cccc1Cl)c1cccc(C(N)=NO)c1. The third-order valence-corrected chi connectivity index (χ3v) is 3.50. The Balaban J connectivity index is 2.27. The predicted molar refractivity (Wildman–Crippen MR) is 82.5 cm³/mol. The Morgan fingerprint density at radius 2 is 2.05 bits per heavy atom. The number of hydrogen-bond acceptors (Lipinski definition) is 3. The molecule has 2 rings (SSSR count). The number of hydrogen-bond donors (Lipinski definition) is 2. The van der Waals surface area contributed by atoms with Crippen molar-refractivity contribution in [3.05, 3.63) is 64.4 Å². The van der Waals surface area contributed by atoms with Crippen LogP contribution >= 0.6 is 11.6 Å². The van der Waals surface area contributed by atoms with Crippen LogP contribution in [0.3, 0.4) is 0 Å². The maximum absolute atomic E-state index is 13.8. The van der Waals surface area contributed by atoms with Gasteiger partial charge in [0.2, 0.25) is 0 Å². The molecule has 0 aliphatic rings. The van der Waals surface area contributed by atoms with Crippen LogP contribution in [0.5, 0.6) is 0 Å². The molecule has 0 radical (unpaired) electrons. The Kier molecular flexibility index (Phi) is 4.65. The molecule has 2 aromatic carbocycles. The third kappa shape index (κ3) is 3.44. The Labute approximate surface area is 127 Å². The first kappa shape index (κ1) is 15.1. The fourth-order valence-electron chi connectivity index (χ4n) is 1.97. The fraction of sp³-hybridized carbons (Fsp3) is 0.133. The van der Waals surface area contributed by atoms with Gasteiger partial charge in [-0.2, -0.15) is 0 Å². The van der Waals surface area contributed by atoms with E-state index in [1.54, 1.807) is 30.3 Å². The average Bonchev–Trinajstić information content (AvgIpc) is 2.50. The summed E-state index contributed by atoms with van der Waals surface area (Å²) < 4.78 is 13.8. The second kappa shape index (κ2) is 6.45. The zero-order chi connectivity index (χ0) is 15.4. The molecule has 0 unspecified atom stereocenters. The quantitative estimate of drug-likeness (QED) is 0.394. The molecule has 0 fully saturated rings. The summed E-state index contributed by atoms with van der Waals surface area (Å²) >= 11 is 6.03. The summed E-state index contributed by atoms with van der Waals surface area (Å²) in [5, 5.41) is 12.1. The zero-order valence-electron chi connectivity index (χ0n) is 11.4. The van der Waals surface area contributed by atoms with Gasteiger partial charge in [0.05, 0.1) is 0 Å². The van der Waals surface area contributed by atoms with E-state index in [1.165, 1.54) is 6.07 Å². The van der Waals surface area contributed by atoms with E-state index >= 15 is 0 Å². The summed E-state index contributed by atoms with van der Waals surface area (Å²) in [4.78, 5) is 1.83. The molecule has 2 aromatic rings. The molecule has 21 heavy (non-hydrogen) atoms. The summed E-state index contributed by atoms with van der Waals surface area (Å²) in [6.45, 7) is 0.311. The maximum atomic E-state index is 13.8. The topological polar surface area (TPSA) is 61.8 Å². The molecule has 6 heteroatoms. The minimum absolute atomic E-state index is 0.0224. The highest BCUT2D eigenvalue weighted by molar-refractivity contribution is 6.31. The first-order valence-electron chi connectivity index (χ1n) is 6.25. The van der Waals surface area contributed by atoms with Gasteiger partial charge in [0.25, 0.3) is 0 Å².